The number of nitrogens with two attached hydrogens (primary N) is 1. The van der Waals surface area contributed by atoms with Gasteiger partial charge in [0.1, 0.15) is 5.75 Å². The number of ether oxygens (including phenoxy) is 2. The maximum atomic E-state index is 12.6. The number of carbonyl (C=O) groups is 1. The number of primary amides is 1. The fraction of sp³-hybridized carbons (Fsp3) is 0.462. The maximum absolute atomic E-state index is 12.6. The Kier molecular flexibility index (Phi) is 4.50. The van der Waals surface area contributed by atoms with Crippen LogP contribution in [0.1, 0.15) is 17.3 Å². The van der Waals surface area contributed by atoms with Crippen molar-refractivity contribution >= 4 is 15.9 Å². The Morgan fingerprint density at radius 2 is 2.19 bits per heavy atom. The summed E-state index contributed by atoms with van der Waals surface area (Å²) in [5.41, 5.74) is 5.30. The topological polar surface area (TPSA) is 98.9 Å². The summed E-state index contributed by atoms with van der Waals surface area (Å²) in [5.74, 6) is -0.490. The number of amides is 1. The van der Waals surface area contributed by atoms with Crippen LogP contribution in [-0.2, 0) is 14.8 Å². The molecule has 1 amide bonds. The van der Waals surface area contributed by atoms with Gasteiger partial charge >= 0.3 is 0 Å². The van der Waals surface area contributed by atoms with Gasteiger partial charge in [-0.1, -0.05) is 0 Å². The number of carbonyl (C=O) groups excluding carboxylic acids is 1. The van der Waals surface area contributed by atoms with Crippen LogP contribution in [0.15, 0.2) is 23.1 Å². The molecule has 1 heterocycles. The van der Waals surface area contributed by atoms with Crippen molar-refractivity contribution in [2.75, 3.05) is 26.9 Å². The fourth-order valence-electron chi connectivity index (χ4n) is 2.24. The van der Waals surface area contributed by atoms with Crippen molar-refractivity contribution in [3.8, 4) is 5.75 Å². The lowest BCUT2D eigenvalue weighted by molar-refractivity contribution is 0.0392. The highest BCUT2D eigenvalue weighted by atomic mass is 32.2. The van der Waals surface area contributed by atoms with Gasteiger partial charge in [-0.25, -0.2) is 8.42 Å². The lowest BCUT2D eigenvalue weighted by Crippen LogP contribution is -2.46. The van der Waals surface area contributed by atoms with Crippen molar-refractivity contribution in [2.45, 2.75) is 17.9 Å². The normalized spacial score (nSPS) is 20.2. The van der Waals surface area contributed by atoms with Crippen molar-refractivity contribution in [1.82, 2.24) is 4.31 Å². The standard InChI is InChI=1S/C13H18N2O5S/c1-9-8-20-6-5-15(9)21(17,18)10-3-4-12(19-2)11(7-10)13(14)16/h3-4,7,9H,5-6,8H2,1-2H3,(H2,14,16)/t9-/m1/s1. The first kappa shape index (κ1) is 15.7. The predicted molar refractivity (Wildman–Crippen MR) is 75.7 cm³/mol. The molecule has 7 nitrogen and oxygen atoms in total. The second kappa shape index (κ2) is 6.00. The zero-order chi connectivity index (χ0) is 15.6. The van der Waals surface area contributed by atoms with E-state index in [9.17, 15) is 13.2 Å². The summed E-state index contributed by atoms with van der Waals surface area (Å²) >= 11 is 0. The summed E-state index contributed by atoms with van der Waals surface area (Å²) in [6.45, 7) is 2.75. The molecule has 1 aliphatic rings. The number of methoxy groups -OCH3 is 1. The summed E-state index contributed by atoms with van der Waals surface area (Å²) in [6, 6.07) is 3.82. The highest BCUT2D eigenvalue weighted by molar-refractivity contribution is 7.89. The van der Waals surface area contributed by atoms with E-state index < -0.39 is 15.9 Å². The second-order valence-corrected chi connectivity index (χ2v) is 6.66. The minimum absolute atomic E-state index is 0.0193. The van der Waals surface area contributed by atoms with Gasteiger partial charge in [0.15, 0.2) is 0 Å². The number of hydrogen-bond donors (Lipinski definition) is 1. The number of sulfonamides is 1. The number of benzene rings is 1. The third-order valence-electron chi connectivity index (χ3n) is 3.35. The van der Waals surface area contributed by atoms with E-state index in [4.69, 9.17) is 15.2 Å². The first-order chi connectivity index (χ1) is 9.87. The van der Waals surface area contributed by atoms with E-state index in [1.54, 1.807) is 6.92 Å². The molecule has 0 aromatic heterocycles. The first-order valence-corrected chi connectivity index (χ1v) is 7.89. The quantitative estimate of drug-likeness (QED) is 0.856. The average Bonchev–Trinajstić information content (AvgIpc) is 2.46. The molecule has 1 fully saturated rings. The van der Waals surface area contributed by atoms with E-state index in [0.29, 0.717) is 13.2 Å². The monoisotopic (exact) mass is 314 g/mol. The van der Waals surface area contributed by atoms with Crippen LogP contribution in [0, 0.1) is 0 Å². The number of hydrogen-bond acceptors (Lipinski definition) is 5. The molecule has 1 atom stereocenters. The average molecular weight is 314 g/mol. The van der Waals surface area contributed by atoms with Crippen LogP contribution >= 0.6 is 0 Å². The van der Waals surface area contributed by atoms with Gasteiger partial charge in [0.2, 0.25) is 10.0 Å². The number of morpholine rings is 1. The number of rotatable bonds is 4. The molecule has 1 aromatic carbocycles. The van der Waals surface area contributed by atoms with Crippen LogP contribution in [0.3, 0.4) is 0 Å². The fourth-order valence-corrected chi connectivity index (χ4v) is 3.87. The molecule has 21 heavy (non-hydrogen) atoms. The molecule has 1 saturated heterocycles. The zero-order valence-electron chi connectivity index (χ0n) is 11.9. The smallest absolute Gasteiger partial charge is 0.252 e. The summed E-state index contributed by atoms with van der Waals surface area (Å²) in [5, 5.41) is 0. The Hall–Kier alpha value is -1.64. The van der Waals surface area contributed by atoms with Crippen LogP contribution in [-0.4, -0.2) is 51.5 Å². The molecule has 2 rings (SSSR count). The second-order valence-electron chi connectivity index (χ2n) is 4.77. The summed E-state index contributed by atoms with van der Waals surface area (Å²) in [4.78, 5) is 11.4. The molecule has 0 bridgehead atoms. The molecule has 0 unspecified atom stereocenters. The van der Waals surface area contributed by atoms with E-state index in [1.165, 1.54) is 29.6 Å². The lowest BCUT2D eigenvalue weighted by atomic mass is 10.2. The Bertz CT molecular complexity index is 644. The van der Waals surface area contributed by atoms with Gasteiger partial charge in [-0.3, -0.25) is 4.79 Å². The number of nitrogens with zero attached hydrogens (tertiary/aromatic N) is 1. The van der Waals surface area contributed by atoms with E-state index in [-0.39, 0.29) is 28.8 Å². The first-order valence-electron chi connectivity index (χ1n) is 6.45. The van der Waals surface area contributed by atoms with Gasteiger partial charge in [-0.15, -0.1) is 0 Å². The zero-order valence-corrected chi connectivity index (χ0v) is 12.7. The van der Waals surface area contributed by atoms with E-state index >= 15 is 0 Å². The van der Waals surface area contributed by atoms with Gasteiger partial charge in [0.25, 0.3) is 5.91 Å². The van der Waals surface area contributed by atoms with Crippen LogP contribution in [0.4, 0.5) is 0 Å². The highest BCUT2D eigenvalue weighted by Crippen LogP contribution is 2.26. The molecule has 0 aliphatic carbocycles. The largest absolute Gasteiger partial charge is 0.496 e. The molecule has 2 N–H and O–H groups in total. The Morgan fingerprint density at radius 3 is 2.76 bits per heavy atom. The highest BCUT2D eigenvalue weighted by Gasteiger charge is 2.32. The maximum Gasteiger partial charge on any atom is 0.252 e. The van der Waals surface area contributed by atoms with Gasteiger partial charge in [-0.2, -0.15) is 4.31 Å². The van der Waals surface area contributed by atoms with Crippen LogP contribution in [0.2, 0.25) is 0 Å². The Morgan fingerprint density at radius 1 is 1.48 bits per heavy atom. The van der Waals surface area contributed by atoms with Gasteiger partial charge < -0.3 is 15.2 Å². The summed E-state index contributed by atoms with van der Waals surface area (Å²) in [7, 11) is -2.31. The molecule has 1 aliphatic heterocycles. The van der Waals surface area contributed by atoms with Gasteiger partial charge in [0.05, 0.1) is 30.8 Å². The van der Waals surface area contributed by atoms with Crippen molar-refractivity contribution in [1.29, 1.82) is 0 Å². The molecule has 116 valence electrons. The van der Waals surface area contributed by atoms with Gasteiger partial charge in [-0.05, 0) is 25.1 Å². The van der Waals surface area contributed by atoms with Crippen molar-refractivity contribution < 1.29 is 22.7 Å². The third-order valence-corrected chi connectivity index (χ3v) is 5.36. The minimum atomic E-state index is -3.70. The molecule has 0 saturated carbocycles. The molecule has 8 heteroatoms. The Balaban J connectivity index is 2.45. The van der Waals surface area contributed by atoms with Crippen molar-refractivity contribution in [3.05, 3.63) is 23.8 Å². The van der Waals surface area contributed by atoms with E-state index in [2.05, 4.69) is 0 Å². The van der Waals surface area contributed by atoms with Crippen molar-refractivity contribution in [3.63, 3.8) is 0 Å². The predicted octanol–water partition coefficient (Wildman–Crippen LogP) is 0.204. The molecule has 1 aromatic rings. The molecule has 0 spiro atoms. The van der Waals surface area contributed by atoms with Crippen molar-refractivity contribution in [2.24, 2.45) is 5.73 Å². The van der Waals surface area contributed by atoms with Crippen LogP contribution in [0.5, 0.6) is 5.75 Å². The molecular formula is C13H18N2O5S. The summed E-state index contributed by atoms with van der Waals surface area (Å²) < 4.78 is 36.9. The SMILES string of the molecule is COc1ccc(S(=O)(=O)N2CCOC[C@H]2C)cc1C(N)=O. The van der Waals surface area contributed by atoms with Gasteiger partial charge in [0, 0.05) is 12.6 Å². The lowest BCUT2D eigenvalue weighted by Gasteiger charge is -2.32. The van der Waals surface area contributed by atoms with E-state index in [0.717, 1.165) is 0 Å². The molecular weight excluding hydrogens is 296 g/mol. The Labute approximate surface area is 123 Å². The summed E-state index contributed by atoms with van der Waals surface area (Å²) in [6.07, 6.45) is 0. The van der Waals surface area contributed by atoms with E-state index in [1.807, 2.05) is 0 Å². The van der Waals surface area contributed by atoms with Crippen LogP contribution in [0.25, 0.3) is 0 Å². The third kappa shape index (κ3) is 3.02. The molecule has 0 radical (unpaired) electrons. The van der Waals surface area contributed by atoms with Crippen LogP contribution < -0.4 is 10.5 Å². The minimum Gasteiger partial charge on any atom is -0.496 e.